The van der Waals surface area contributed by atoms with Gasteiger partial charge in [-0.25, -0.2) is 14.4 Å². The molecule has 4 rings (SSSR count). The van der Waals surface area contributed by atoms with E-state index in [9.17, 15) is 9.18 Å². The number of morpholine rings is 1. The molecular formula is C24H25ClFN5O3. The average molecular weight is 486 g/mol. The Hall–Kier alpha value is -3.27. The second-order valence-electron chi connectivity index (χ2n) is 7.84. The molecule has 3 N–H and O–H groups in total. The molecule has 8 nitrogen and oxygen atoms in total. The fourth-order valence-electron chi connectivity index (χ4n) is 3.63. The zero-order chi connectivity index (χ0) is 24.1. The lowest BCUT2D eigenvalue weighted by atomic mass is 10.1. The maximum absolute atomic E-state index is 13.5. The first-order valence-electron chi connectivity index (χ1n) is 10.8. The molecule has 2 aromatic carbocycles. The van der Waals surface area contributed by atoms with Crippen LogP contribution in [-0.4, -0.2) is 60.2 Å². The van der Waals surface area contributed by atoms with Gasteiger partial charge in [0.25, 0.3) is 5.91 Å². The summed E-state index contributed by atoms with van der Waals surface area (Å²) in [6.07, 6.45) is 2.18. The number of fused-ring (bicyclic) bond motifs is 1. The predicted octanol–water partition coefficient (Wildman–Crippen LogP) is 3.76. The maximum atomic E-state index is 13.5. The number of nitrogen functional groups attached to an aromatic ring is 1. The molecular weight excluding hydrogens is 461 g/mol. The Kier molecular flexibility index (Phi) is 7.56. The number of nitrogens with two attached hydrogens (primary N) is 1. The van der Waals surface area contributed by atoms with Gasteiger partial charge in [0, 0.05) is 36.7 Å². The standard InChI is InChI=1S/C24H25ClFN5O3/c1-15(16-3-4-19(26)18(25)11-16)24(32)30-21-12-17-20(28-14-29-23(17)27)13-22(21)34-8-2-5-31-6-9-33-10-7-31/h3-4,11-14H,1-2,5-10H2,(H,30,32)(H2,27,28,29). The van der Waals surface area contributed by atoms with E-state index in [-0.39, 0.29) is 16.4 Å². The van der Waals surface area contributed by atoms with Crippen LogP contribution >= 0.6 is 11.6 Å². The van der Waals surface area contributed by atoms with Gasteiger partial charge in [-0.15, -0.1) is 0 Å². The quantitative estimate of drug-likeness (QED) is 0.370. The van der Waals surface area contributed by atoms with Crippen molar-refractivity contribution in [1.82, 2.24) is 14.9 Å². The van der Waals surface area contributed by atoms with Crippen molar-refractivity contribution in [3.63, 3.8) is 0 Å². The second-order valence-corrected chi connectivity index (χ2v) is 8.25. The number of anilines is 2. The molecule has 0 spiro atoms. The van der Waals surface area contributed by atoms with Crippen LogP contribution in [0.3, 0.4) is 0 Å². The molecule has 1 fully saturated rings. The molecule has 1 aromatic heterocycles. The van der Waals surface area contributed by atoms with Crippen LogP contribution in [0.5, 0.6) is 5.75 Å². The molecule has 0 aliphatic carbocycles. The Labute approximate surface area is 201 Å². The number of nitrogens with one attached hydrogen (secondary N) is 1. The van der Waals surface area contributed by atoms with Crippen molar-refractivity contribution in [2.24, 2.45) is 0 Å². The monoisotopic (exact) mass is 485 g/mol. The van der Waals surface area contributed by atoms with Crippen LogP contribution < -0.4 is 15.8 Å². The topological polar surface area (TPSA) is 103 Å². The summed E-state index contributed by atoms with van der Waals surface area (Å²) in [4.78, 5) is 23.5. The van der Waals surface area contributed by atoms with Crippen LogP contribution in [0.1, 0.15) is 12.0 Å². The summed E-state index contributed by atoms with van der Waals surface area (Å²) in [5.41, 5.74) is 7.53. The third-order valence-corrected chi connectivity index (χ3v) is 5.83. The van der Waals surface area contributed by atoms with Gasteiger partial charge in [-0.3, -0.25) is 9.69 Å². The SMILES string of the molecule is C=C(C(=O)Nc1cc2c(N)ncnc2cc1OCCCN1CCOCC1)c1ccc(F)c(Cl)c1. The summed E-state index contributed by atoms with van der Waals surface area (Å²) in [5, 5.41) is 3.30. The average Bonchev–Trinajstić information content (AvgIpc) is 2.84. The Balaban J connectivity index is 1.51. The minimum absolute atomic E-state index is 0.0913. The van der Waals surface area contributed by atoms with E-state index in [0.717, 1.165) is 39.3 Å². The van der Waals surface area contributed by atoms with E-state index in [4.69, 9.17) is 26.8 Å². The van der Waals surface area contributed by atoms with Gasteiger partial charge in [0.05, 0.1) is 36.0 Å². The Morgan fingerprint density at radius 2 is 2.06 bits per heavy atom. The second kappa shape index (κ2) is 10.8. The fraction of sp³-hybridized carbons (Fsp3) is 0.292. The summed E-state index contributed by atoms with van der Waals surface area (Å²) in [6.45, 7) is 8.46. The number of aromatic nitrogens is 2. The molecule has 0 atom stereocenters. The van der Waals surface area contributed by atoms with E-state index in [0.29, 0.717) is 34.5 Å². The van der Waals surface area contributed by atoms with Gasteiger partial charge < -0.3 is 20.5 Å². The highest BCUT2D eigenvalue weighted by Crippen LogP contribution is 2.32. The van der Waals surface area contributed by atoms with Gasteiger partial charge in [-0.05, 0) is 30.2 Å². The number of hydrogen-bond acceptors (Lipinski definition) is 7. The third-order valence-electron chi connectivity index (χ3n) is 5.54. The molecule has 178 valence electrons. The number of amides is 1. The number of carbonyl (C=O) groups excluding carboxylic acids is 1. The lowest BCUT2D eigenvalue weighted by Gasteiger charge is -2.26. The number of carbonyl (C=O) groups is 1. The minimum atomic E-state index is -0.573. The van der Waals surface area contributed by atoms with Crippen molar-refractivity contribution < 1.29 is 18.7 Å². The first-order chi connectivity index (χ1) is 16.4. The van der Waals surface area contributed by atoms with Crippen LogP contribution in [0.2, 0.25) is 5.02 Å². The summed E-state index contributed by atoms with van der Waals surface area (Å²) >= 11 is 5.85. The summed E-state index contributed by atoms with van der Waals surface area (Å²) in [5.74, 6) is -0.332. The number of nitrogens with zero attached hydrogens (tertiary/aromatic N) is 3. The van der Waals surface area contributed by atoms with Crippen LogP contribution in [0, 0.1) is 5.82 Å². The van der Waals surface area contributed by atoms with Crippen LogP contribution in [0.4, 0.5) is 15.9 Å². The highest BCUT2D eigenvalue weighted by Gasteiger charge is 2.17. The van der Waals surface area contributed by atoms with Gasteiger partial charge >= 0.3 is 0 Å². The molecule has 0 radical (unpaired) electrons. The van der Waals surface area contributed by atoms with Gasteiger partial charge in [0.2, 0.25) is 0 Å². The summed E-state index contributed by atoms with van der Waals surface area (Å²) < 4.78 is 24.9. The first kappa shape index (κ1) is 23.9. The van der Waals surface area contributed by atoms with Gasteiger partial charge in [-0.2, -0.15) is 0 Å². The number of ether oxygens (including phenoxy) is 2. The molecule has 1 aliphatic rings. The molecule has 0 unspecified atom stereocenters. The number of halogens is 2. The molecule has 34 heavy (non-hydrogen) atoms. The molecule has 1 aliphatic heterocycles. The fourth-order valence-corrected chi connectivity index (χ4v) is 3.81. The highest BCUT2D eigenvalue weighted by atomic mass is 35.5. The Morgan fingerprint density at radius 3 is 2.82 bits per heavy atom. The van der Waals surface area contributed by atoms with Crippen molar-refractivity contribution >= 4 is 45.5 Å². The van der Waals surface area contributed by atoms with E-state index in [1.54, 1.807) is 12.1 Å². The molecule has 0 saturated carbocycles. The smallest absolute Gasteiger partial charge is 0.255 e. The largest absolute Gasteiger partial charge is 0.491 e. The zero-order valence-corrected chi connectivity index (χ0v) is 19.3. The van der Waals surface area contributed by atoms with Crippen molar-refractivity contribution in [3.8, 4) is 5.75 Å². The number of benzene rings is 2. The van der Waals surface area contributed by atoms with Crippen molar-refractivity contribution in [3.05, 3.63) is 59.6 Å². The molecule has 3 aromatic rings. The third kappa shape index (κ3) is 5.61. The maximum Gasteiger partial charge on any atom is 0.255 e. The molecule has 1 saturated heterocycles. The summed E-state index contributed by atoms with van der Waals surface area (Å²) in [6, 6.07) is 7.37. The van der Waals surface area contributed by atoms with Crippen LogP contribution in [0.15, 0.2) is 43.2 Å². The van der Waals surface area contributed by atoms with Gasteiger partial charge in [0.1, 0.15) is 23.7 Å². The zero-order valence-electron chi connectivity index (χ0n) is 18.5. The molecule has 2 heterocycles. The Bertz CT molecular complexity index is 1220. The van der Waals surface area contributed by atoms with Gasteiger partial charge in [-0.1, -0.05) is 24.2 Å². The Morgan fingerprint density at radius 1 is 1.26 bits per heavy atom. The van der Waals surface area contributed by atoms with E-state index in [1.807, 2.05) is 0 Å². The number of rotatable bonds is 8. The lowest BCUT2D eigenvalue weighted by Crippen LogP contribution is -2.37. The van der Waals surface area contributed by atoms with E-state index in [2.05, 4.69) is 26.8 Å². The predicted molar refractivity (Wildman–Crippen MR) is 130 cm³/mol. The molecule has 0 bridgehead atoms. The van der Waals surface area contributed by atoms with Crippen molar-refractivity contribution in [2.75, 3.05) is 50.5 Å². The van der Waals surface area contributed by atoms with Crippen LogP contribution in [0.25, 0.3) is 16.5 Å². The van der Waals surface area contributed by atoms with Crippen molar-refractivity contribution in [1.29, 1.82) is 0 Å². The molecule has 1 amide bonds. The van der Waals surface area contributed by atoms with Crippen LogP contribution in [-0.2, 0) is 9.53 Å². The normalized spacial score (nSPS) is 14.2. The van der Waals surface area contributed by atoms with E-state index in [1.165, 1.54) is 24.5 Å². The first-order valence-corrected chi connectivity index (χ1v) is 11.2. The van der Waals surface area contributed by atoms with E-state index >= 15 is 0 Å². The molecule has 10 heteroatoms. The number of hydrogen-bond donors (Lipinski definition) is 2. The summed E-state index contributed by atoms with van der Waals surface area (Å²) in [7, 11) is 0. The lowest BCUT2D eigenvalue weighted by molar-refractivity contribution is -0.111. The van der Waals surface area contributed by atoms with E-state index < -0.39 is 11.7 Å². The minimum Gasteiger partial charge on any atom is -0.491 e. The van der Waals surface area contributed by atoms with Crippen molar-refractivity contribution in [2.45, 2.75) is 6.42 Å². The van der Waals surface area contributed by atoms with Gasteiger partial charge in [0.15, 0.2) is 0 Å². The highest BCUT2D eigenvalue weighted by molar-refractivity contribution is 6.31.